The number of rotatable bonds is 4. The van der Waals surface area contributed by atoms with Gasteiger partial charge in [-0.25, -0.2) is 0 Å². The minimum Gasteiger partial charge on any atom is -0.394 e. The molecule has 2 heterocycles. The first kappa shape index (κ1) is 33.3. The molecule has 252 valence electrons. The van der Waals surface area contributed by atoms with E-state index in [1.165, 1.54) is 5.57 Å². The number of hydrogen-bond acceptors (Lipinski definition) is 8. The predicted molar refractivity (Wildman–Crippen MR) is 166 cm³/mol. The molecule has 6 aliphatic rings. The standard InChI is InChI=1S/C36H60O8/c1-19(2)15-20-17-36(8,44-31-30(41)29(40)28(39)23(18-37)43-31)21-9-13-35(7)27(21)22(42-20)16-25-33(5)12-11-26(38)32(3,4)24(33)10-14-34(25,35)6/h15,20-31,37-41H,9-14,16-18H2,1-8H3. The summed E-state index contributed by atoms with van der Waals surface area (Å²) in [5.74, 6) is 1.34. The van der Waals surface area contributed by atoms with E-state index in [1.54, 1.807) is 0 Å². The maximum atomic E-state index is 11.1. The van der Waals surface area contributed by atoms with E-state index in [9.17, 15) is 25.5 Å². The predicted octanol–water partition coefficient (Wildman–Crippen LogP) is 4.34. The highest BCUT2D eigenvalue weighted by Gasteiger charge is 2.72. The summed E-state index contributed by atoms with van der Waals surface area (Å²) in [7, 11) is 0. The van der Waals surface area contributed by atoms with Crippen molar-refractivity contribution in [2.45, 2.75) is 161 Å². The summed E-state index contributed by atoms with van der Waals surface area (Å²) in [6, 6.07) is 0. The van der Waals surface area contributed by atoms with Gasteiger partial charge in [-0.3, -0.25) is 0 Å². The molecular formula is C36H60O8. The summed E-state index contributed by atoms with van der Waals surface area (Å²) >= 11 is 0. The molecule has 0 spiro atoms. The third-order valence-electron chi connectivity index (χ3n) is 14.8. The zero-order valence-corrected chi connectivity index (χ0v) is 28.3. The number of hydrogen-bond donors (Lipinski definition) is 5. The summed E-state index contributed by atoms with van der Waals surface area (Å²) in [6.07, 6.45) is 3.09. The van der Waals surface area contributed by atoms with Gasteiger partial charge < -0.3 is 39.7 Å². The summed E-state index contributed by atoms with van der Waals surface area (Å²) in [5, 5.41) is 52.9. The van der Waals surface area contributed by atoms with E-state index in [-0.39, 0.29) is 51.8 Å². The number of allylic oxidation sites excluding steroid dienone is 1. The summed E-state index contributed by atoms with van der Waals surface area (Å²) in [5.41, 5.74) is 0.572. The maximum Gasteiger partial charge on any atom is 0.187 e. The maximum absolute atomic E-state index is 11.1. The lowest BCUT2D eigenvalue weighted by Crippen LogP contribution is -2.66. The van der Waals surface area contributed by atoms with E-state index in [1.807, 2.05) is 0 Å². The van der Waals surface area contributed by atoms with Crippen LogP contribution in [0, 0.1) is 45.3 Å². The molecule has 4 saturated carbocycles. The third kappa shape index (κ3) is 4.67. The third-order valence-corrected chi connectivity index (χ3v) is 14.8. The topological polar surface area (TPSA) is 129 Å². The fraction of sp³-hybridized carbons (Fsp3) is 0.944. The number of fused-ring (bicyclic) bond motifs is 4. The molecule has 5 N–H and O–H groups in total. The monoisotopic (exact) mass is 620 g/mol. The van der Waals surface area contributed by atoms with Crippen LogP contribution in [0.15, 0.2) is 11.6 Å². The van der Waals surface area contributed by atoms with Gasteiger partial charge in [0.15, 0.2) is 6.29 Å². The van der Waals surface area contributed by atoms with Gasteiger partial charge in [0.1, 0.15) is 24.4 Å². The van der Waals surface area contributed by atoms with E-state index in [4.69, 9.17) is 14.2 Å². The van der Waals surface area contributed by atoms with E-state index >= 15 is 0 Å². The molecule has 16 atom stereocenters. The lowest BCUT2D eigenvalue weighted by Gasteiger charge is -2.70. The van der Waals surface area contributed by atoms with Crippen LogP contribution in [0.2, 0.25) is 0 Å². The van der Waals surface area contributed by atoms with Crippen LogP contribution in [0.5, 0.6) is 0 Å². The highest BCUT2D eigenvalue weighted by molar-refractivity contribution is 5.22. The minimum absolute atomic E-state index is 0.0132. The fourth-order valence-corrected chi connectivity index (χ4v) is 12.4. The largest absolute Gasteiger partial charge is 0.394 e. The normalized spacial score (nSPS) is 56.6. The average molecular weight is 621 g/mol. The Labute approximate surface area is 264 Å². The second-order valence-electron chi connectivity index (χ2n) is 17.6. The fourth-order valence-electron chi connectivity index (χ4n) is 12.4. The van der Waals surface area contributed by atoms with Crippen LogP contribution in [-0.4, -0.2) is 86.8 Å². The van der Waals surface area contributed by atoms with Gasteiger partial charge in [0.05, 0.1) is 30.5 Å². The van der Waals surface area contributed by atoms with Crippen molar-refractivity contribution in [3.8, 4) is 0 Å². The quantitative estimate of drug-likeness (QED) is 0.294. The van der Waals surface area contributed by atoms with Crippen LogP contribution >= 0.6 is 0 Å². The Morgan fingerprint density at radius 2 is 1.50 bits per heavy atom. The molecule has 0 radical (unpaired) electrons. The lowest BCUT2D eigenvalue weighted by molar-refractivity contribution is -0.333. The Morgan fingerprint density at radius 3 is 2.16 bits per heavy atom. The molecule has 2 saturated heterocycles. The van der Waals surface area contributed by atoms with Gasteiger partial charge >= 0.3 is 0 Å². The molecule has 0 aromatic carbocycles. The first-order valence-electron chi connectivity index (χ1n) is 17.4. The van der Waals surface area contributed by atoms with E-state index in [2.05, 4.69) is 61.5 Å². The molecule has 0 aromatic rings. The van der Waals surface area contributed by atoms with Gasteiger partial charge in [-0.2, -0.15) is 0 Å². The summed E-state index contributed by atoms with van der Waals surface area (Å²) < 4.78 is 20.0. The average Bonchev–Trinajstić information content (AvgIpc) is 3.27. The highest BCUT2D eigenvalue weighted by atomic mass is 16.7. The van der Waals surface area contributed by atoms with Crippen LogP contribution in [-0.2, 0) is 14.2 Å². The molecule has 6 fully saturated rings. The molecule has 44 heavy (non-hydrogen) atoms. The van der Waals surface area contributed by atoms with Crippen LogP contribution in [0.4, 0.5) is 0 Å². The number of aliphatic hydroxyl groups excluding tert-OH is 5. The Hall–Kier alpha value is -0.580. The van der Waals surface area contributed by atoms with Gasteiger partial charge in [0.2, 0.25) is 0 Å². The van der Waals surface area contributed by atoms with Crippen molar-refractivity contribution in [2.75, 3.05) is 6.61 Å². The molecule has 0 amide bonds. The minimum atomic E-state index is -1.48. The van der Waals surface area contributed by atoms with Crippen LogP contribution < -0.4 is 0 Å². The number of ether oxygens (including phenoxy) is 3. The van der Waals surface area contributed by atoms with Crippen molar-refractivity contribution in [1.82, 2.24) is 0 Å². The van der Waals surface area contributed by atoms with Crippen molar-refractivity contribution in [2.24, 2.45) is 45.3 Å². The number of aliphatic hydroxyl groups is 5. The van der Waals surface area contributed by atoms with Gasteiger partial charge in [-0.1, -0.05) is 46.3 Å². The van der Waals surface area contributed by atoms with E-state index < -0.39 is 42.9 Å². The molecule has 2 aliphatic heterocycles. The first-order valence-corrected chi connectivity index (χ1v) is 17.4. The van der Waals surface area contributed by atoms with E-state index in [0.29, 0.717) is 18.3 Å². The van der Waals surface area contributed by atoms with Crippen LogP contribution in [0.3, 0.4) is 0 Å². The van der Waals surface area contributed by atoms with Gasteiger partial charge in [0.25, 0.3) is 0 Å². The molecule has 6 rings (SSSR count). The summed E-state index contributed by atoms with van der Waals surface area (Å²) in [6.45, 7) is 18.0. The lowest BCUT2D eigenvalue weighted by atomic mass is 9.35. The van der Waals surface area contributed by atoms with Crippen molar-refractivity contribution >= 4 is 0 Å². The van der Waals surface area contributed by atoms with Crippen molar-refractivity contribution in [3.63, 3.8) is 0 Å². The molecule has 16 unspecified atom stereocenters. The van der Waals surface area contributed by atoms with Crippen molar-refractivity contribution in [3.05, 3.63) is 11.6 Å². The molecule has 8 nitrogen and oxygen atoms in total. The SMILES string of the molecule is CC(C)=CC1CC(C)(OC2OC(CO)C(O)C(O)C2O)C2CCC3(C)C2C(CC2C4(C)CCC(O)C(C)(C)C4CCC23C)O1. The second-order valence-corrected chi connectivity index (χ2v) is 17.6. The van der Waals surface area contributed by atoms with Crippen molar-refractivity contribution in [1.29, 1.82) is 0 Å². The zero-order valence-electron chi connectivity index (χ0n) is 28.3. The Kier molecular flexibility index (Phi) is 8.31. The molecule has 0 bridgehead atoms. The molecular weight excluding hydrogens is 560 g/mol. The Morgan fingerprint density at radius 1 is 0.818 bits per heavy atom. The Bertz CT molecular complexity index is 1120. The first-order chi connectivity index (χ1) is 20.4. The zero-order chi connectivity index (χ0) is 32.2. The smallest absolute Gasteiger partial charge is 0.187 e. The van der Waals surface area contributed by atoms with Gasteiger partial charge in [0, 0.05) is 6.42 Å². The van der Waals surface area contributed by atoms with Crippen LogP contribution in [0.25, 0.3) is 0 Å². The van der Waals surface area contributed by atoms with Gasteiger partial charge in [-0.15, -0.1) is 0 Å². The molecule has 8 heteroatoms. The van der Waals surface area contributed by atoms with Crippen molar-refractivity contribution < 1.29 is 39.7 Å². The molecule has 0 aromatic heterocycles. The second kappa shape index (κ2) is 11.0. The van der Waals surface area contributed by atoms with Gasteiger partial charge in [-0.05, 0) is 111 Å². The highest BCUT2D eigenvalue weighted by Crippen LogP contribution is 2.76. The Balaban J connectivity index is 1.39. The molecule has 4 aliphatic carbocycles. The van der Waals surface area contributed by atoms with Crippen LogP contribution in [0.1, 0.15) is 107 Å². The summed E-state index contributed by atoms with van der Waals surface area (Å²) in [4.78, 5) is 0. The van der Waals surface area contributed by atoms with E-state index in [0.717, 1.165) is 44.9 Å².